The second kappa shape index (κ2) is 6.75. The van der Waals surface area contributed by atoms with Crippen molar-refractivity contribution in [2.24, 2.45) is 0 Å². The first-order valence-electron chi connectivity index (χ1n) is 7.21. The lowest BCUT2D eigenvalue weighted by Gasteiger charge is -2.26. The van der Waals surface area contributed by atoms with Gasteiger partial charge in [-0.05, 0) is 25.8 Å². The van der Waals surface area contributed by atoms with Crippen LogP contribution in [0.5, 0.6) is 0 Å². The summed E-state index contributed by atoms with van der Waals surface area (Å²) >= 11 is 0. The highest BCUT2D eigenvalue weighted by molar-refractivity contribution is 5.86. The fourth-order valence-corrected chi connectivity index (χ4v) is 3.01. The number of aliphatic carboxylic acids is 2. The second-order valence-electron chi connectivity index (χ2n) is 5.57. The average Bonchev–Trinajstić information content (AvgIpc) is 2.74. The van der Waals surface area contributed by atoms with Gasteiger partial charge in [0.2, 0.25) is 0 Å². The first-order chi connectivity index (χ1) is 9.97. The van der Waals surface area contributed by atoms with Crippen LogP contribution in [0, 0.1) is 0 Å². The normalized spacial score (nSPS) is 24.0. The van der Waals surface area contributed by atoms with E-state index in [2.05, 4.69) is 10.2 Å². The molecule has 8 nitrogen and oxygen atoms in total. The lowest BCUT2D eigenvalue weighted by Crippen LogP contribution is -2.50. The predicted molar refractivity (Wildman–Crippen MR) is 73.0 cm³/mol. The molecular formula is C13H21N3O5. The molecule has 0 aliphatic carbocycles. The van der Waals surface area contributed by atoms with E-state index >= 15 is 0 Å². The molecule has 0 aromatic carbocycles. The lowest BCUT2D eigenvalue weighted by atomic mass is 10.2. The molecule has 118 valence electrons. The van der Waals surface area contributed by atoms with E-state index in [1.807, 2.05) is 0 Å². The first kappa shape index (κ1) is 15.6. The Bertz CT molecular complexity index is 428. The first-order valence-corrected chi connectivity index (χ1v) is 7.21. The zero-order valence-electron chi connectivity index (χ0n) is 11.8. The number of nitrogens with one attached hydrogen (secondary N) is 1. The van der Waals surface area contributed by atoms with Gasteiger partial charge in [0.15, 0.2) is 0 Å². The molecule has 2 aliphatic rings. The van der Waals surface area contributed by atoms with Crippen molar-refractivity contribution in [3.63, 3.8) is 0 Å². The van der Waals surface area contributed by atoms with E-state index < -0.39 is 30.4 Å². The Hall–Kier alpha value is -1.83. The molecule has 2 rings (SSSR count). The van der Waals surface area contributed by atoms with E-state index in [1.165, 1.54) is 0 Å². The Morgan fingerprint density at radius 2 is 1.86 bits per heavy atom. The molecule has 2 saturated heterocycles. The SMILES string of the molecule is O=C(O)CC(NC(=O)N1CCCN2CCCC2C1)C(=O)O. The fourth-order valence-electron chi connectivity index (χ4n) is 3.01. The lowest BCUT2D eigenvalue weighted by molar-refractivity contribution is -0.145. The summed E-state index contributed by atoms with van der Waals surface area (Å²) in [4.78, 5) is 37.8. The molecule has 0 spiro atoms. The molecule has 0 aromatic heterocycles. The van der Waals surface area contributed by atoms with Gasteiger partial charge in [0.25, 0.3) is 0 Å². The van der Waals surface area contributed by atoms with E-state index in [1.54, 1.807) is 4.90 Å². The van der Waals surface area contributed by atoms with Crippen LogP contribution in [-0.4, -0.2) is 76.2 Å². The van der Waals surface area contributed by atoms with Crippen molar-refractivity contribution >= 4 is 18.0 Å². The summed E-state index contributed by atoms with van der Waals surface area (Å²) in [6.45, 7) is 3.15. The van der Waals surface area contributed by atoms with Crippen molar-refractivity contribution in [2.75, 3.05) is 26.2 Å². The minimum absolute atomic E-state index is 0.334. The number of rotatable bonds is 4. The molecular weight excluding hydrogens is 278 g/mol. The summed E-state index contributed by atoms with van der Waals surface area (Å²) in [6.07, 6.45) is 2.39. The smallest absolute Gasteiger partial charge is 0.326 e. The van der Waals surface area contributed by atoms with Crippen molar-refractivity contribution in [2.45, 2.75) is 37.8 Å². The minimum Gasteiger partial charge on any atom is -0.481 e. The topological polar surface area (TPSA) is 110 Å². The van der Waals surface area contributed by atoms with Crippen LogP contribution < -0.4 is 5.32 Å². The molecule has 2 aliphatic heterocycles. The Labute approximate surface area is 122 Å². The minimum atomic E-state index is -1.39. The Morgan fingerprint density at radius 1 is 1.14 bits per heavy atom. The maximum Gasteiger partial charge on any atom is 0.326 e. The highest BCUT2D eigenvalue weighted by Crippen LogP contribution is 2.21. The fraction of sp³-hybridized carbons (Fsp3) is 0.769. The summed E-state index contributed by atoms with van der Waals surface area (Å²) in [5.74, 6) is -2.58. The van der Waals surface area contributed by atoms with E-state index in [0.717, 1.165) is 32.4 Å². The van der Waals surface area contributed by atoms with Gasteiger partial charge in [-0.25, -0.2) is 9.59 Å². The van der Waals surface area contributed by atoms with E-state index in [4.69, 9.17) is 10.2 Å². The zero-order valence-corrected chi connectivity index (χ0v) is 11.8. The van der Waals surface area contributed by atoms with E-state index in [0.29, 0.717) is 19.1 Å². The Balaban J connectivity index is 1.94. The summed E-state index contributed by atoms with van der Waals surface area (Å²) in [5.41, 5.74) is 0. The summed E-state index contributed by atoms with van der Waals surface area (Å²) < 4.78 is 0. The number of carboxylic acid groups (broad SMARTS) is 2. The van der Waals surface area contributed by atoms with Crippen LogP contribution in [0.1, 0.15) is 25.7 Å². The predicted octanol–water partition coefficient (Wildman–Crippen LogP) is -0.206. The number of urea groups is 1. The van der Waals surface area contributed by atoms with Crippen molar-refractivity contribution in [1.29, 1.82) is 0 Å². The number of hydrogen-bond donors (Lipinski definition) is 3. The molecule has 0 radical (unpaired) electrons. The molecule has 8 heteroatoms. The molecule has 2 atom stereocenters. The Kier molecular flexibility index (Phi) is 5.00. The summed E-state index contributed by atoms with van der Waals surface area (Å²) in [5, 5.41) is 20.0. The van der Waals surface area contributed by atoms with Crippen LogP contribution in [0.2, 0.25) is 0 Å². The van der Waals surface area contributed by atoms with Crippen molar-refractivity contribution in [3.8, 4) is 0 Å². The van der Waals surface area contributed by atoms with Crippen molar-refractivity contribution in [1.82, 2.24) is 15.1 Å². The molecule has 2 amide bonds. The standard InChI is InChI=1S/C13H21N3O5/c17-11(18)7-10(12(19)20)14-13(21)16-6-2-5-15-4-1-3-9(15)8-16/h9-10H,1-8H2,(H,14,21)(H,17,18)(H,19,20). The number of amides is 2. The molecule has 0 saturated carbocycles. The highest BCUT2D eigenvalue weighted by Gasteiger charge is 2.32. The number of hydrogen-bond acceptors (Lipinski definition) is 4. The van der Waals surface area contributed by atoms with Gasteiger partial charge in [0.05, 0.1) is 6.42 Å². The number of carboxylic acids is 2. The molecule has 0 aromatic rings. The maximum atomic E-state index is 12.2. The molecule has 2 unspecified atom stereocenters. The largest absolute Gasteiger partial charge is 0.481 e. The van der Waals surface area contributed by atoms with Crippen LogP contribution >= 0.6 is 0 Å². The monoisotopic (exact) mass is 299 g/mol. The van der Waals surface area contributed by atoms with Gasteiger partial charge in [-0.15, -0.1) is 0 Å². The van der Waals surface area contributed by atoms with Crippen molar-refractivity contribution in [3.05, 3.63) is 0 Å². The molecule has 3 N–H and O–H groups in total. The van der Waals surface area contributed by atoms with Gasteiger partial charge in [0, 0.05) is 25.7 Å². The van der Waals surface area contributed by atoms with Crippen LogP contribution in [0.4, 0.5) is 4.79 Å². The molecule has 0 bridgehead atoms. The maximum absolute atomic E-state index is 12.2. The zero-order chi connectivity index (χ0) is 15.4. The third kappa shape index (κ3) is 4.07. The van der Waals surface area contributed by atoms with E-state index in [9.17, 15) is 14.4 Å². The quantitative estimate of drug-likeness (QED) is 0.663. The van der Waals surface area contributed by atoms with Gasteiger partial charge in [-0.1, -0.05) is 0 Å². The third-order valence-electron chi connectivity index (χ3n) is 4.07. The average molecular weight is 299 g/mol. The number of carbonyl (C=O) groups is 3. The van der Waals surface area contributed by atoms with Crippen LogP contribution in [0.3, 0.4) is 0 Å². The van der Waals surface area contributed by atoms with Gasteiger partial charge in [-0.3, -0.25) is 9.69 Å². The van der Waals surface area contributed by atoms with Gasteiger partial charge < -0.3 is 20.4 Å². The number of nitrogens with zero attached hydrogens (tertiary/aromatic N) is 2. The second-order valence-corrected chi connectivity index (χ2v) is 5.57. The third-order valence-corrected chi connectivity index (χ3v) is 4.07. The van der Waals surface area contributed by atoms with Gasteiger partial charge >= 0.3 is 18.0 Å². The highest BCUT2D eigenvalue weighted by atomic mass is 16.4. The van der Waals surface area contributed by atoms with E-state index in [-0.39, 0.29) is 0 Å². The number of carbonyl (C=O) groups excluding carboxylic acids is 1. The number of fused-ring (bicyclic) bond motifs is 1. The molecule has 21 heavy (non-hydrogen) atoms. The van der Waals surface area contributed by atoms with Crippen LogP contribution in [-0.2, 0) is 9.59 Å². The van der Waals surface area contributed by atoms with Crippen LogP contribution in [0.15, 0.2) is 0 Å². The molecule has 2 fully saturated rings. The van der Waals surface area contributed by atoms with Gasteiger partial charge in [0.1, 0.15) is 6.04 Å². The summed E-state index contributed by atoms with van der Waals surface area (Å²) in [7, 11) is 0. The van der Waals surface area contributed by atoms with Crippen molar-refractivity contribution < 1.29 is 24.6 Å². The Morgan fingerprint density at radius 3 is 2.52 bits per heavy atom. The van der Waals surface area contributed by atoms with Crippen LogP contribution in [0.25, 0.3) is 0 Å². The summed E-state index contributed by atoms with van der Waals surface area (Å²) in [6, 6.07) is -1.55. The molecule has 2 heterocycles. The van der Waals surface area contributed by atoms with Gasteiger partial charge in [-0.2, -0.15) is 0 Å².